The lowest BCUT2D eigenvalue weighted by molar-refractivity contribution is 0.0563. The van der Waals surface area contributed by atoms with Crippen molar-refractivity contribution in [3.63, 3.8) is 0 Å². The first-order chi connectivity index (χ1) is 9.78. The molecule has 1 aromatic carbocycles. The lowest BCUT2D eigenvalue weighted by Crippen LogP contribution is -2.33. The fourth-order valence-electron chi connectivity index (χ4n) is 2.37. The van der Waals surface area contributed by atoms with E-state index in [2.05, 4.69) is 27.1 Å². The molecule has 2 heterocycles. The highest BCUT2D eigenvalue weighted by Crippen LogP contribution is 2.29. The van der Waals surface area contributed by atoms with E-state index in [1.165, 1.54) is 7.11 Å². The van der Waals surface area contributed by atoms with E-state index in [1.807, 2.05) is 18.2 Å². The van der Waals surface area contributed by atoms with E-state index < -0.39 is 5.97 Å². The molecule has 0 radical (unpaired) electrons. The van der Waals surface area contributed by atoms with Crippen LogP contribution in [0.5, 0.6) is 0 Å². The Hall–Kier alpha value is -2.43. The summed E-state index contributed by atoms with van der Waals surface area (Å²) in [5, 5.41) is 3.36. The van der Waals surface area contributed by atoms with Crippen molar-refractivity contribution >= 4 is 17.3 Å². The zero-order chi connectivity index (χ0) is 13.9. The number of nitrogens with zero attached hydrogens (tertiary/aromatic N) is 1. The maximum atomic E-state index is 11.4. The number of anilines is 2. The molecule has 5 nitrogen and oxygen atoms in total. The first-order valence-electron chi connectivity index (χ1n) is 6.53. The second-order valence-electron chi connectivity index (χ2n) is 4.62. The molecule has 20 heavy (non-hydrogen) atoms. The first-order valence-corrected chi connectivity index (χ1v) is 6.53. The summed E-state index contributed by atoms with van der Waals surface area (Å²) in [5.41, 5.74) is 2.27. The smallest absolute Gasteiger partial charge is 0.373 e. The average Bonchev–Trinajstić information content (AvgIpc) is 2.95. The fourth-order valence-corrected chi connectivity index (χ4v) is 2.37. The van der Waals surface area contributed by atoms with Crippen LogP contribution in [0.2, 0.25) is 0 Å². The number of ether oxygens (including phenoxy) is 1. The zero-order valence-corrected chi connectivity index (χ0v) is 11.3. The molecule has 5 heteroatoms. The Labute approximate surface area is 117 Å². The Morgan fingerprint density at radius 3 is 3.05 bits per heavy atom. The number of fused-ring (bicyclic) bond motifs is 1. The molecule has 0 unspecified atom stereocenters. The van der Waals surface area contributed by atoms with Crippen LogP contribution >= 0.6 is 0 Å². The molecule has 0 atom stereocenters. The minimum Gasteiger partial charge on any atom is -0.463 e. The molecule has 0 aliphatic carbocycles. The van der Waals surface area contributed by atoms with Crippen LogP contribution in [-0.4, -0.2) is 26.2 Å². The highest BCUT2D eigenvalue weighted by Gasteiger charge is 2.18. The summed E-state index contributed by atoms with van der Waals surface area (Å²) >= 11 is 0. The van der Waals surface area contributed by atoms with E-state index in [0.29, 0.717) is 6.54 Å². The van der Waals surface area contributed by atoms with Crippen molar-refractivity contribution in [3.8, 4) is 0 Å². The summed E-state index contributed by atoms with van der Waals surface area (Å²) in [6.45, 7) is 2.42. The molecule has 1 aliphatic rings. The molecular formula is C15H16N2O3. The largest absolute Gasteiger partial charge is 0.463 e. The van der Waals surface area contributed by atoms with Gasteiger partial charge in [-0.2, -0.15) is 0 Å². The molecule has 3 rings (SSSR count). The van der Waals surface area contributed by atoms with E-state index in [-0.39, 0.29) is 5.76 Å². The predicted octanol–water partition coefficient (Wildman–Crippen LogP) is 2.50. The maximum absolute atomic E-state index is 11.4. The third kappa shape index (κ3) is 2.34. The average molecular weight is 272 g/mol. The summed E-state index contributed by atoms with van der Waals surface area (Å²) in [6, 6.07) is 11.6. The molecule has 0 bridgehead atoms. The van der Waals surface area contributed by atoms with Crippen LogP contribution in [0.3, 0.4) is 0 Å². The van der Waals surface area contributed by atoms with Crippen molar-refractivity contribution in [2.45, 2.75) is 6.54 Å². The minimum atomic E-state index is -0.447. The highest BCUT2D eigenvalue weighted by molar-refractivity contribution is 5.86. The van der Waals surface area contributed by atoms with Crippen LogP contribution in [0.25, 0.3) is 0 Å². The van der Waals surface area contributed by atoms with Gasteiger partial charge in [-0.15, -0.1) is 0 Å². The van der Waals surface area contributed by atoms with Crippen LogP contribution in [0.4, 0.5) is 11.4 Å². The molecule has 0 saturated carbocycles. The van der Waals surface area contributed by atoms with Gasteiger partial charge in [0.05, 0.1) is 25.0 Å². The number of methoxy groups -OCH3 is 1. The Bertz CT molecular complexity index is 621. The second kappa shape index (κ2) is 5.28. The number of carbonyl (C=O) groups excluding carboxylic acids is 1. The molecule has 0 fully saturated rings. The third-order valence-electron chi connectivity index (χ3n) is 3.34. The number of benzene rings is 1. The zero-order valence-electron chi connectivity index (χ0n) is 11.3. The summed E-state index contributed by atoms with van der Waals surface area (Å²) in [4.78, 5) is 13.6. The number of hydrogen-bond donors (Lipinski definition) is 1. The quantitative estimate of drug-likeness (QED) is 0.870. The van der Waals surface area contributed by atoms with Gasteiger partial charge in [0.1, 0.15) is 5.76 Å². The van der Waals surface area contributed by atoms with Crippen LogP contribution in [0, 0.1) is 0 Å². The fraction of sp³-hybridized carbons (Fsp3) is 0.267. The van der Waals surface area contributed by atoms with Crippen LogP contribution in [-0.2, 0) is 11.3 Å². The lowest BCUT2D eigenvalue weighted by atomic mass is 10.2. The second-order valence-corrected chi connectivity index (χ2v) is 4.62. The third-order valence-corrected chi connectivity index (χ3v) is 3.34. The van der Waals surface area contributed by atoms with E-state index in [4.69, 9.17) is 4.42 Å². The van der Waals surface area contributed by atoms with Gasteiger partial charge in [0.2, 0.25) is 5.76 Å². The summed E-state index contributed by atoms with van der Waals surface area (Å²) < 4.78 is 10.2. The van der Waals surface area contributed by atoms with Crippen LogP contribution in [0.15, 0.2) is 40.8 Å². The monoisotopic (exact) mass is 272 g/mol. The van der Waals surface area contributed by atoms with E-state index in [0.717, 1.165) is 30.2 Å². The summed E-state index contributed by atoms with van der Waals surface area (Å²) in [5.74, 6) is 0.546. The normalized spacial score (nSPS) is 13.6. The molecule has 104 valence electrons. The van der Waals surface area contributed by atoms with Crippen LogP contribution < -0.4 is 10.2 Å². The van der Waals surface area contributed by atoms with Crippen LogP contribution in [0.1, 0.15) is 16.3 Å². The van der Waals surface area contributed by atoms with Gasteiger partial charge in [-0.1, -0.05) is 12.1 Å². The number of esters is 1. The van der Waals surface area contributed by atoms with Gasteiger partial charge in [0.25, 0.3) is 0 Å². The highest BCUT2D eigenvalue weighted by atomic mass is 16.5. The van der Waals surface area contributed by atoms with Gasteiger partial charge in [-0.25, -0.2) is 4.79 Å². The lowest BCUT2D eigenvalue weighted by Gasteiger charge is -2.31. The molecule has 2 aromatic rings. The molecular weight excluding hydrogens is 256 g/mol. The SMILES string of the molecule is COC(=O)c1ccc(CN2CCNc3ccccc32)o1. The maximum Gasteiger partial charge on any atom is 0.373 e. The number of nitrogens with one attached hydrogen (secondary N) is 1. The Balaban J connectivity index is 1.79. The van der Waals surface area contributed by atoms with Gasteiger partial charge < -0.3 is 19.4 Å². The molecule has 0 amide bonds. The van der Waals surface area contributed by atoms with Gasteiger partial charge in [0, 0.05) is 13.1 Å². The molecule has 0 saturated heterocycles. The van der Waals surface area contributed by atoms with Gasteiger partial charge in [-0.3, -0.25) is 0 Å². The summed E-state index contributed by atoms with van der Waals surface area (Å²) in [7, 11) is 1.34. The van der Waals surface area contributed by atoms with Crippen molar-refractivity contribution in [1.82, 2.24) is 0 Å². The van der Waals surface area contributed by atoms with Gasteiger partial charge in [-0.05, 0) is 24.3 Å². The molecule has 0 spiro atoms. The van der Waals surface area contributed by atoms with Crippen molar-refractivity contribution < 1.29 is 13.9 Å². The number of furan rings is 1. The minimum absolute atomic E-state index is 0.242. The predicted molar refractivity (Wildman–Crippen MR) is 76.0 cm³/mol. The Morgan fingerprint density at radius 1 is 1.35 bits per heavy atom. The van der Waals surface area contributed by atoms with E-state index in [9.17, 15) is 4.79 Å². The topological polar surface area (TPSA) is 54.7 Å². The van der Waals surface area contributed by atoms with Gasteiger partial charge >= 0.3 is 5.97 Å². The molecule has 1 aliphatic heterocycles. The number of para-hydroxylation sites is 2. The molecule has 1 N–H and O–H groups in total. The van der Waals surface area contributed by atoms with Crippen molar-refractivity contribution in [3.05, 3.63) is 47.9 Å². The molecule has 1 aromatic heterocycles. The summed E-state index contributed by atoms with van der Waals surface area (Å²) in [6.07, 6.45) is 0. The Morgan fingerprint density at radius 2 is 2.20 bits per heavy atom. The van der Waals surface area contributed by atoms with Gasteiger partial charge in [0.15, 0.2) is 0 Å². The standard InChI is InChI=1S/C15H16N2O3/c1-19-15(18)14-7-6-11(20-14)10-17-9-8-16-12-4-2-3-5-13(12)17/h2-7,16H,8-10H2,1H3. The van der Waals surface area contributed by atoms with E-state index in [1.54, 1.807) is 6.07 Å². The number of hydrogen-bond acceptors (Lipinski definition) is 5. The number of rotatable bonds is 3. The first kappa shape index (κ1) is 12.6. The Kier molecular flexibility index (Phi) is 3.33. The van der Waals surface area contributed by atoms with Crippen molar-refractivity contribution in [2.75, 3.05) is 30.4 Å². The van der Waals surface area contributed by atoms with Crippen molar-refractivity contribution in [1.29, 1.82) is 0 Å². The number of carbonyl (C=O) groups is 1. The van der Waals surface area contributed by atoms with E-state index >= 15 is 0 Å². The van der Waals surface area contributed by atoms with Crippen molar-refractivity contribution in [2.24, 2.45) is 0 Å².